The molecule has 0 atom stereocenters. The van der Waals surface area contributed by atoms with Crippen molar-refractivity contribution in [3.05, 3.63) is 60.7 Å². The number of halogens is 1. The van der Waals surface area contributed by atoms with Gasteiger partial charge in [-0.1, -0.05) is 30.9 Å². The Morgan fingerprint density at radius 1 is 1.14 bits per heavy atom. The monoisotopic (exact) mass is 319 g/mol. The van der Waals surface area contributed by atoms with Gasteiger partial charge in [0.05, 0.1) is 0 Å². The maximum Gasteiger partial charge on any atom is 0.231 e. The van der Waals surface area contributed by atoms with Crippen molar-refractivity contribution in [1.82, 2.24) is 0 Å². The van der Waals surface area contributed by atoms with Gasteiger partial charge in [-0.05, 0) is 18.2 Å². The van der Waals surface area contributed by atoms with Crippen LogP contribution in [-0.4, -0.2) is 13.4 Å². The number of hydrogen-bond donors (Lipinski definition) is 1. The molecule has 1 aliphatic rings. The molecule has 1 aliphatic heterocycles. The van der Waals surface area contributed by atoms with Gasteiger partial charge in [0.15, 0.2) is 11.5 Å². The zero-order chi connectivity index (χ0) is 14.5. The number of nitrogens with one attached hydrogen (secondary N) is 1. The molecule has 2 aromatic rings. The highest BCUT2D eigenvalue weighted by molar-refractivity contribution is 5.85. The van der Waals surface area contributed by atoms with Crippen LogP contribution in [0.2, 0.25) is 0 Å². The standard InChI is InChI=1S/C17H17NO3.ClH/c1-2-9-19-15-6-4-3-5-13(15)11-18-14-7-8-16-17(10-14)21-12-20-16;/h2-8,10,18H,1,9,11-12H2;1H. The van der Waals surface area contributed by atoms with Crippen molar-refractivity contribution in [3.8, 4) is 17.2 Å². The van der Waals surface area contributed by atoms with Crippen LogP contribution in [0.25, 0.3) is 0 Å². The minimum absolute atomic E-state index is 0. The van der Waals surface area contributed by atoms with E-state index in [1.165, 1.54) is 0 Å². The van der Waals surface area contributed by atoms with Gasteiger partial charge in [-0.25, -0.2) is 0 Å². The lowest BCUT2D eigenvalue weighted by molar-refractivity contribution is 0.174. The van der Waals surface area contributed by atoms with Gasteiger partial charge in [-0.15, -0.1) is 12.4 Å². The topological polar surface area (TPSA) is 39.7 Å². The summed E-state index contributed by atoms with van der Waals surface area (Å²) in [4.78, 5) is 0. The van der Waals surface area contributed by atoms with Crippen LogP contribution in [-0.2, 0) is 6.54 Å². The van der Waals surface area contributed by atoms with E-state index in [1.807, 2.05) is 42.5 Å². The predicted molar refractivity (Wildman–Crippen MR) is 89.3 cm³/mol. The minimum Gasteiger partial charge on any atom is -0.489 e. The van der Waals surface area contributed by atoms with E-state index in [2.05, 4.69) is 11.9 Å². The van der Waals surface area contributed by atoms with Crippen LogP contribution in [0.5, 0.6) is 17.2 Å². The minimum atomic E-state index is 0. The number of ether oxygens (including phenoxy) is 3. The molecule has 5 heteroatoms. The first-order valence-electron chi connectivity index (χ1n) is 6.82. The molecule has 0 saturated heterocycles. The molecule has 0 aliphatic carbocycles. The maximum absolute atomic E-state index is 5.65. The summed E-state index contributed by atoms with van der Waals surface area (Å²) in [6, 6.07) is 13.8. The highest BCUT2D eigenvalue weighted by Gasteiger charge is 2.13. The molecule has 3 rings (SSSR count). The van der Waals surface area contributed by atoms with Crippen LogP contribution in [0.3, 0.4) is 0 Å². The van der Waals surface area contributed by atoms with Crippen LogP contribution in [0.1, 0.15) is 5.56 Å². The van der Waals surface area contributed by atoms with E-state index in [0.717, 1.165) is 28.5 Å². The van der Waals surface area contributed by atoms with E-state index in [-0.39, 0.29) is 19.2 Å². The summed E-state index contributed by atoms with van der Waals surface area (Å²) >= 11 is 0. The quantitative estimate of drug-likeness (QED) is 0.817. The Labute approximate surface area is 136 Å². The third-order valence-electron chi connectivity index (χ3n) is 3.18. The number of benzene rings is 2. The number of anilines is 1. The first-order valence-corrected chi connectivity index (χ1v) is 6.82. The smallest absolute Gasteiger partial charge is 0.231 e. The molecule has 22 heavy (non-hydrogen) atoms. The van der Waals surface area contributed by atoms with Gasteiger partial charge < -0.3 is 19.5 Å². The van der Waals surface area contributed by atoms with Gasteiger partial charge in [-0.3, -0.25) is 0 Å². The number of rotatable bonds is 6. The van der Waals surface area contributed by atoms with Crippen molar-refractivity contribution in [2.45, 2.75) is 6.54 Å². The fourth-order valence-electron chi connectivity index (χ4n) is 2.14. The molecule has 0 aromatic heterocycles. The summed E-state index contributed by atoms with van der Waals surface area (Å²) in [5.41, 5.74) is 2.08. The second-order valence-electron chi connectivity index (χ2n) is 4.63. The Bertz CT molecular complexity index is 646. The molecule has 0 unspecified atom stereocenters. The van der Waals surface area contributed by atoms with Crippen LogP contribution in [0, 0.1) is 0 Å². The molecule has 0 fully saturated rings. The Morgan fingerprint density at radius 3 is 2.82 bits per heavy atom. The molecule has 0 spiro atoms. The van der Waals surface area contributed by atoms with Crippen molar-refractivity contribution >= 4 is 18.1 Å². The maximum atomic E-state index is 5.65. The Kier molecular flexibility index (Phi) is 5.55. The number of hydrogen-bond acceptors (Lipinski definition) is 4. The molecule has 0 saturated carbocycles. The largest absolute Gasteiger partial charge is 0.489 e. The van der Waals surface area contributed by atoms with E-state index in [0.29, 0.717) is 13.2 Å². The van der Waals surface area contributed by atoms with E-state index < -0.39 is 0 Å². The highest BCUT2D eigenvalue weighted by atomic mass is 35.5. The van der Waals surface area contributed by atoms with Crippen molar-refractivity contribution in [2.75, 3.05) is 18.7 Å². The SMILES string of the molecule is C=CCOc1ccccc1CNc1ccc2c(c1)OCO2.Cl. The second kappa shape index (κ2) is 7.61. The molecule has 0 radical (unpaired) electrons. The summed E-state index contributed by atoms with van der Waals surface area (Å²) in [5, 5.41) is 3.37. The van der Waals surface area contributed by atoms with Gasteiger partial charge in [-0.2, -0.15) is 0 Å². The lowest BCUT2D eigenvalue weighted by Crippen LogP contribution is -2.03. The van der Waals surface area contributed by atoms with E-state index in [9.17, 15) is 0 Å². The van der Waals surface area contributed by atoms with Gasteiger partial charge in [0.25, 0.3) is 0 Å². The van der Waals surface area contributed by atoms with Crippen LogP contribution < -0.4 is 19.5 Å². The normalized spacial score (nSPS) is 11.5. The average molecular weight is 320 g/mol. The third kappa shape index (κ3) is 3.65. The second-order valence-corrected chi connectivity index (χ2v) is 4.63. The molecule has 116 valence electrons. The first kappa shape index (κ1) is 16.0. The first-order chi connectivity index (χ1) is 10.4. The van der Waals surface area contributed by atoms with Crippen molar-refractivity contribution < 1.29 is 14.2 Å². The Morgan fingerprint density at radius 2 is 1.95 bits per heavy atom. The molecule has 2 aromatic carbocycles. The van der Waals surface area contributed by atoms with Crippen molar-refractivity contribution in [2.24, 2.45) is 0 Å². The molecule has 1 N–H and O–H groups in total. The highest BCUT2D eigenvalue weighted by Crippen LogP contribution is 2.34. The summed E-state index contributed by atoms with van der Waals surface area (Å²) < 4.78 is 16.3. The third-order valence-corrected chi connectivity index (χ3v) is 3.18. The van der Waals surface area contributed by atoms with Gasteiger partial charge in [0.2, 0.25) is 6.79 Å². The zero-order valence-corrected chi connectivity index (χ0v) is 12.9. The van der Waals surface area contributed by atoms with E-state index in [4.69, 9.17) is 14.2 Å². The van der Waals surface area contributed by atoms with E-state index >= 15 is 0 Å². The molecule has 0 amide bonds. The van der Waals surface area contributed by atoms with Crippen LogP contribution in [0.4, 0.5) is 5.69 Å². The Hall–Kier alpha value is -2.33. The number of fused-ring (bicyclic) bond motifs is 1. The van der Waals surface area contributed by atoms with Crippen LogP contribution >= 0.6 is 12.4 Å². The van der Waals surface area contributed by atoms with Crippen LogP contribution in [0.15, 0.2) is 55.1 Å². The summed E-state index contributed by atoms with van der Waals surface area (Å²) in [6.45, 7) is 5.13. The Balaban J connectivity index is 0.00000176. The summed E-state index contributed by atoms with van der Waals surface area (Å²) in [5.74, 6) is 2.43. The lowest BCUT2D eigenvalue weighted by Gasteiger charge is -2.12. The van der Waals surface area contributed by atoms with Crippen molar-refractivity contribution in [3.63, 3.8) is 0 Å². The predicted octanol–water partition coefficient (Wildman–Crippen LogP) is 4.01. The fraction of sp³-hybridized carbons (Fsp3) is 0.176. The molecular weight excluding hydrogens is 302 g/mol. The zero-order valence-electron chi connectivity index (χ0n) is 12.1. The van der Waals surface area contributed by atoms with Gasteiger partial charge >= 0.3 is 0 Å². The fourth-order valence-corrected chi connectivity index (χ4v) is 2.14. The molecule has 4 nitrogen and oxygen atoms in total. The van der Waals surface area contributed by atoms with Crippen molar-refractivity contribution in [1.29, 1.82) is 0 Å². The molecular formula is C17H18ClNO3. The van der Waals surface area contributed by atoms with Gasteiger partial charge in [0.1, 0.15) is 12.4 Å². The molecule has 0 bridgehead atoms. The van der Waals surface area contributed by atoms with Gasteiger partial charge in [0, 0.05) is 23.9 Å². The lowest BCUT2D eigenvalue weighted by atomic mass is 10.2. The summed E-state index contributed by atoms with van der Waals surface area (Å²) in [7, 11) is 0. The summed E-state index contributed by atoms with van der Waals surface area (Å²) in [6.07, 6.45) is 1.74. The molecule has 1 heterocycles. The van der Waals surface area contributed by atoms with E-state index in [1.54, 1.807) is 6.08 Å². The number of para-hydroxylation sites is 1. The average Bonchev–Trinajstić information content (AvgIpc) is 2.99.